The minimum Gasteiger partial charge on any atom is -0.434 e. The number of rotatable bonds is 8. The highest BCUT2D eigenvalue weighted by atomic mass is 127. The normalized spacial score (nSPS) is 11.2. The highest BCUT2D eigenvalue weighted by molar-refractivity contribution is 14.0. The summed E-state index contributed by atoms with van der Waals surface area (Å²) in [6.07, 6.45) is 3.68. The Morgan fingerprint density at radius 2 is 1.77 bits per heavy atom. The van der Waals surface area contributed by atoms with Crippen LogP contribution in [0.3, 0.4) is 0 Å². The zero-order valence-corrected chi connectivity index (χ0v) is 19.7. The first-order valence-electron chi connectivity index (χ1n) is 9.58. The first kappa shape index (κ1) is 24.6. The Balaban J connectivity index is 0.00000341. The zero-order valence-electron chi connectivity index (χ0n) is 17.4. The van der Waals surface area contributed by atoms with Gasteiger partial charge >= 0.3 is 6.61 Å². The van der Waals surface area contributed by atoms with E-state index in [0.29, 0.717) is 31.2 Å². The standard InChI is InChI=1S/C22H25F2N5O.HI/c1-16-8-9-20(30-21(23)24)19(12-16)14-27-22(25-2)26-13-17-6-3-4-7-18(17)15-29-11-5-10-28-29;/h3-12,21H,13-15H2,1-2H3,(H2,25,26,27);1H. The van der Waals surface area contributed by atoms with E-state index in [1.165, 1.54) is 0 Å². The highest BCUT2D eigenvalue weighted by Crippen LogP contribution is 2.22. The quantitative estimate of drug-likeness (QED) is 0.253. The average molecular weight is 541 g/mol. The van der Waals surface area contributed by atoms with Crippen LogP contribution in [0.2, 0.25) is 0 Å². The highest BCUT2D eigenvalue weighted by Gasteiger charge is 2.11. The lowest BCUT2D eigenvalue weighted by Gasteiger charge is -2.16. The number of aliphatic imine (C=N–C) groups is 1. The van der Waals surface area contributed by atoms with Crippen LogP contribution in [0.4, 0.5) is 8.78 Å². The topological polar surface area (TPSA) is 63.5 Å². The fourth-order valence-electron chi connectivity index (χ4n) is 3.09. The molecule has 0 amide bonds. The SMILES string of the molecule is CN=C(NCc1ccccc1Cn1cccn1)NCc1cc(C)ccc1OC(F)F.I. The smallest absolute Gasteiger partial charge is 0.387 e. The third kappa shape index (κ3) is 7.50. The van der Waals surface area contributed by atoms with Crippen LogP contribution in [0.1, 0.15) is 22.3 Å². The second kappa shape index (κ2) is 12.2. The van der Waals surface area contributed by atoms with Crippen LogP contribution in [-0.4, -0.2) is 29.4 Å². The molecule has 0 fully saturated rings. The van der Waals surface area contributed by atoms with Gasteiger partial charge in [-0.05, 0) is 30.2 Å². The number of ether oxygens (including phenoxy) is 1. The van der Waals surface area contributed by atoms with Crippen molar-refractivity contribution < 1.29 is 13.5 Å². The van der Waals surface area contributed by atoms with Crippen molar-refractivity contribution in [3.05, 3.63) is 83.2 Å². The molecule has 166 valence electrons. The van der Waals surface area contributed by atoms with Crippen molar-refractivity contribution in [2.45, 2.75) is 33.2 Å². The van der Waals surface area contributed by atoms with Crippen LogP contribution in [0, 0.1) is 6.92 Å². The van der Waals surface area contributed by atoms with Crippen molar-refractivity contribution in [1.82, 2.24) is 20.4 Å². The molecule has 0 spiro atoms. The van der Waals surface area contributed by atoms with E-state index < -0.39 is 6.61 Å². The van der Waals surface area contributed by atoms with Crippen LogP contribution >= 0.6 is 24.0 Å². The molecular weight excluding hydrogens is 515 g/mol. The Morgan fingerprint density at radius 3 is 2.42 bits per heavy atom. The number of hydrogen-bond acceptors (Lipinski definition) is 3. The molecule has 6 nitrogen and oxygen atoms in total. The first-order valence-corrected chi connectivity index (χ1v) is 9.58. The molecule has 3 aromatic rings. The summed E-state index contributed by atoms with van der Waals surface area (Å²) in [6.45, 7) is 0.576. The predicted molar refractivity (Wildman–Crippen MR) is 128 cm³/mol. The summed E-state index contributed by atoms with van der Waals surface area (Å²) in [6, 6.07) is 15.1. The summed E-state index contributed by atoms with van der Waals surface area (Å²) in [5, 5.41) is 10.7. The minimum atomic E-state index is -2.87. The molecule has 0 bridgehead atoms. The van der Waals surface area contributed by atoms with Gasteiger partial charge in [0.1, 0.15) is 5.75 Å². The number of aryl methyl sites for hydroxylation is 1. The molecule has 0 aliphatic rings. The minimum absolute atomic E-state index is 0. The lowest BCUT2D eigenvalue weighted by molar-refractivity contribution is -0.0504. The number of hydrogen-bond donors (Lipinski definition) is 2. The monoisotopic (exact) mass is 541 g/mol. The van der Waals surface area contributed by atoms with E-state index in [0.717, 1.165) is 16.7 Å². The van der Waals surface area contributed by atoms with Crippen molar-refractivity contribution in [2.24, 2.45) is 4.99 Å². The Hall–Kier alpha value is -2.69. The molecule has 31 heavy (non-hydrogen) atoms. The Bertz CT molecular complexity index is 980. The Morgan fingerprint density at radius 1 is 1.06 bits per heavy atom. The van der Waals surface area contributed by atoms with Crippen molar-refractivity contribution in [3.63, 3.8) is 0 Å². The van der Waals surface area contributed by atoms with Gasteiger partial charge in [-0.25, -0.2) is 0 Å². The fourth-order valence-corrected chi connectivity index (χ4v) is 3.09. The Kier molecular flexibility index (Phi) is 9.70. The summed E-state index contributed by atoms with van der Waals surface area (Å²) in [5.74, 6) is 0.719. The van der Waals surface area contributed by atoms with Crippen molar-refractivity contribution in [1.29, 1.82) is 0 Å². The van der Waals surface area contributed by atoms with Gasteiger partial charge in [-0.1, -0.05) is 42.0 Å². The molecule has 0 aliphatic carbocycles. The van der Waals surface area contributed by atoms with E-state index in [2.05, 4.69) is 31.5 Å². The van der Waals surface area contributed by atoms with Crippen molar-refractivity contribution in [3.8, 4) is 5.75 Å². The summed E-state index contributed by atoms with van der Waals surface area (Å²) >= 11 is 0. The van der Waals surface area contributed by atoms with Crippen LogP contribution in [0.25, 0.3) is 0 Å². The molecule has 0 saturated carbocycles. The number of halogens is 3. The van der Waals surface area contributed by atoms with Gasteiger partial charge in [-0.2, -0.15) is 13.9 Å². The summed E-state index contributed by atoms with van der Waals surface area (Å²) < 4.78 is 31.8. The van der Waals surface area contributed by atoms with Crippen LogP contribution in [0.5, 0.6) is 5.75 Å². The zero-order chi connectivity index (χ0) is 21.3. The number of nitrogens with one attached hydrogen (secondary N) is 2. The fraction of sp³-hybridized carbons (Fsp3) is 0.273. The van der Waals surface area contributed by atoms with E-state index >= 15 is 0 Å². The number of guanidine groups is 1. The molecule has 0 atom stereocenters. The third-order valence-electron chi connectivity index (χ3n) is 4.56. The number of alkyl halides is 2. The second-order valence-electron chi connectivity index (χ2n) is 6.74. The Labute approximate surface area is 197 Å². The maximum atomic E-state index is 12.7. The van der Waals surface area contributed by atoms with Crippen LogP contribution in [-0.2, 0) is 19.6 Å². The van der Waals surface area contributed by atoms with Crippen LogP contribution in [0.15, 0.2) is 65.9 Å². The molecule has 1 heterocycles. The number of nitrogens with zero attached hydrogens (tertiary/aromatic N) is 3. The van der Waals surface area contributed by atoms with Gasteiger partial charge in [0.15, 0.2) is 5.96 Å². The van der Waals surface area contributed by atoms with Gasteiger partial charge in [-0.3, -0.25) is 9.67 Å². The van der Waals surface area contributed by atoms with E-state index in [-0.39, 0.29) is 29.7 Å². The summed E-state index contributed by atoms with van der Waals surface area (Å²) in [4.78, 5) is 4.22. The van der Waals surface area contributed by atoms with Gasteiger partial charge in [0.25, 0.3) is 0 Å². The molecule has 2 aromatic carbocycles. The molecule has 0 radical (unpaired) electrons. The number of benzene rings is 2. The lowest BCUT2D eigenvalue weighted by Crippen LogP contribution is -2.36. The molecule has 1 aromatic heterocycles. The molecule has 2 N–H and O–H groups in total. The average Bonchev–Trinajstić information content (AvgIpc) is 3.24. The van der Waals surface area contributed by atoms with Gasteiger partial charge in [0.2, 0.25) is 0 Å². The van der Waals surface area contributed by atoms with E-state index in [1.807, 2.05) is 48.1 Å². The van der Waals surface area contributed by atoms with E-state index in [9.17, 15) is 8.78 Å². The lowest BCUT2D eigenvalue weighted by atomic mass is 10.1. The van der Waals surface area contributed by atoms with Gasteiger partial charge in [-0.15, -0.1) is 24.0 Å². The summed E-state index contributed by atoms with van der Waals surface area (Å²) in [5.41, 5.74) is 3.87. The van der Waals surface area contributed by atoms with Gasteiger partial charge in [0, 0.05) is 38.1 Å². The van der Waals surface area contributed by atoms with E-state index in [1.54, 1.807) is 25.4 Å². The molecule has 9 heteroatoms. The maximum Gasteiger partial charge on any atom is 0.387 e. The predicted octanol–water partition coefficient (Wildman–Crippen LogP) is 4.32. The third-order valence-corrected chi connectivity index (χ3v) is 4.56. The summed E-state index contributed by atoms with van der Waals surface area (Å²) in [7, 11) is 1.66. The molecular formula is C22H26F2IN5O. The van der Waals surface area contributed by atoms with Crippen molar-refractivity contribution in [2.75, 3.05) is 7.05 Å². The number of aromatic nitrogens is 2. The second-order valence-corrected chi connectivity index (χ2v) is 6.74. The largest absolute Gasteiger partial charge is 0.434 e. The van der Waals surface area contributed by atoms with Gasteiger partial charge < -0.3 is 15.4 Å². The van der Waals surface area contributed by atoms with Crippen LogP contribution < -0.4 is 15.4 Å². The van der Waals surface area contributed by atoms with E-state index in [4.69, 9.17) is 0 Å². The molecule has 0 unspecified atom stereocenters. The molecule has 0 aliphatic heterocycles. The molecule has 0 saturated heterocycles. The van der Waals surface area contributed by atoms with Gasteiger partial charge in [0.05, 0.1) is 6.54 Å². The first-order chi connectivity index (χ1) is 14.5. The van der Waals surface area contributed by atoms with Crippen molar-refractivity contribution >= 4 is 29.9 Å². The molecule has 3 rings (SSSR count). The maximum absolute atomic E-state index is 12.7.